The standard InChI is InChI=1S/C14H20ClO4P/c1-4-10-18-20(17,12-8-6-5-7-9-12)13(15)14(16)19-11(2)3/h5-9,11,13H,4,10H2,1-3H3. The van der Waals surface area contributed by atoms with Crippen LogP contribution >= 0.6 is 19.0 Å². The lowest BCUT2D eigenvalue weighted by Crippen LogP contribution is -2.27. The van der Waals surface area contributed by atoms with Crippen molar-refractivity contribution in [3.63, 3.8) is 0 Å². The topological polar surface area (TPSA) is 52.6 Å². The van der Waals surface area contributed by atoms with Crippen LogP contribution in [0, 0.1) is 0 Å². The van der Waals surface area contributed by atoms with Gasteiger partial charge >= 0.3 is 5.97 Å². The van der Waals surface area contributed by atoms with Gasteiger partial charge in [-0.3, -0.25) is 4.57 Å². The lowest BCUT2D eigenvalue weighted by atomic mass is 10.4. The Balaban J connectivity index is 3.05. The van der Waals surface area contributed by atoms with Crippen molar-refractivity contribution in [2.45, 2.75) is 38.4 Å². The van der Waals surface area contributed by atoms with Gasteiger partial charge in [0, 0.05) is 5.30 Å². The molecule has 112 valence electrons. The van der Waals surface area contributed by atoms with Gasteiger partial charge < -0.3 is 9.26 Å². The first-order chi connectivity index (χ1) is 9.41. The molecule has 20 heavy (non-hydrogen) atoms. The molecule has 1 aromatic rings. The number of benzene rings is 1. The first-order valence-electron chi connectivity index (χ1n) is 6.56. The molecule has 0 aliphatic rings. The summed E-state index contributed by atoms with van der Waals surface area (Å²) >= 11 is 6.09. The number of halogens is 1. The van der Waals surface area contributed by atoms with E-state index in [4.69, 9.17) is 20.9 Å². The Labute approximate surface area is 124 Å². The molecule has 2 atom stereocenters. The molecule has 0 heterocycles. The number of alkyl halides is 1. The van der Waals surface area contributed by atoms with E-state index in [1.807, 2.05) is 6.92 Å². The molecule has 0 bridgehead atoms. The van der Waals surface area contributed by atoms with E-state index in [0.717, 1.165) is 0 Å². The van der Waals surface area contributed by atoms with Gasteiger partial charge in [-0.05, 0) is 32.4 Å². The molecule has 0 saturated carbocycles. The first kappa shape index (κ1) is 17.2. The molecule has 4 nitrogen and oxygen atoms in total. The summed E-state index contributed by atoms with van der Waals surface area (Å²) in [5.74, 6) is -0.718. The summed E-state index contributed by atoms with van der Waals surface area (Å²) in [5.41, 5.74) is 0. The summed E-state index contributed by atoms with van der Waals surface area (Å²) in [6.07, 6.45) is 0.360. The van der Waals surface area contributed by atoms with E-state index in [1.165, 1.54) is 0 Å². The Kier molecular flexibility index (Phi) is 6.74. The van der Waals surface area contributed by atoms with E-state index in [2.05, 4.69) is 0 Å². The van der Waals surface area contributed by atoms with Gasteiger partial charge in [-0.1, -0.05) is 36.7 Å². The van der Waals surface area contributed by atoms with Crippen LogP contribution in [0.2, 0.25) is 0 Å². The maximum absolute atomic E-state index is 13.0. The molecule has 0 aliphatic heterocycles. The molecule has 0 radical (unpaired) electrons. The molecule has 2 unspecified atom stereocenters. The Morgan fingerprint density at radius 1 is 1.30 bits per heavy atom. The predicted molar refractivity (Wildman–Crippen MR) is 80.8 cm³/mol. The summed E-state index contributed by atoms with van der Waals surface area (Å²) in [6.45, 7) is 5.58. The maximum Gasteiger partial charge on any atom is 0.334 e. The monoisotopic (exact) mass is 318 g/mol. The third-order valence-electron chi connectivity index (χ3n) is 2.45. The lowest BCUT2D eigenvalue weighted by Gasteiger charge is -2.23. The van der Waals surface area contributed by atoms with E-state index < -0.39 is 18.5 Å². The van der Waals surface area contributed by atoms with Crippen LogP contribution in [0.15, 0.2) is 30.3 Å². The van der Waals surface area contributed by atoms with Crippen molar-refractivity contribution < 1.29 is 18.6 Å². The molecule has 0 aromatic heterocycles. The Bertz CT molecular complexity index is 475. The minimum atomic E-state index is -3.50. The third kappa shape index (κ3) is 4.34. The summed E-state index contributed by atoms with van der Waals surface area (Å²) in [7, 11) is -3.50. The van der Waals surface area contributed by atoms with E-state index in [9.17, 15) is 9.36 Å². The largest absolute Gasteiger partial charge is 0.461 e. The molecule has 0 N–H and O–H groups in total. The fourth-order valence-corrected chi connectivity index (χ4v) is 4.04. The summed E-state index contributed by atoms with van der Waals surface area (Å²) < 4.78 is 23.5. The number of hydrogen-bond donors (Lipinski definition) is 0. The van der Waals surface area contributed by atoms with E-state index >= 15 is 0 Å². The van der Waals surface area contributed by atoms with Gasteiger partial charge in [-0.2, -0.15) is 0 Å². The molecule has 0 aliphatic carbocycles. The van der Waals surface area contributed by atoms with Crippen molar-refractivity contribution in [2.75, 3.05) is 6.61 Å². The highest BCUT2D eigenvalue weighted by molar-refractivity contribution is 7.70. The molecular weight excluding hydrogens is 299 g/mol. The Morgan fingerprint density at radius 3 is 2.40 bits per heavy atom. The molecule has 0 saturated heterocycles. The van der Waals surface area contributed by atoms with Gasteiger partial charge in [-0.25, -0.2) is 4.79 Å². The lowest BCUT2D eigenvalue weighted by molar-refractivity contribution is -0.145. The highest BCUT2D eigenvalue weighted by Gasteiger charge is 2.41. The van der Waals surface area contributed by atoms with Crippen LogP contribution in [0.3, 0.4) is 0 Å². The SMILES string of the molecule is CCCOP(=O)(c1ccccc1)C(Cl)C(=O)OC(C)C. The van der Waals surface area contributed by atoms with Crippen molar-refractivity contribution in [1.82, 2.24) is 0 Å². The molecule has 0 spiro atoms. The number of carbonyl (C=O) groups excluding carboxylic acids is 1. The molecule has 6 heteroatoms. The highest BCUT2D eigenvalue weighted by Crippen LogP contribution is 2.53. The van der Waals surface area contributed by atoms with Crippen molar-refractivity contribution in [3.05, 3.63) is 30.3 Å². The van der Waals surface area contributed by atoms with E-state index in [1.54, 1.807) is 44.2 Å². The van der Waals surface area contributed by atoms with Gasteiger partial charge in [0.15, 0.2) is 0 Å². The number of ether oxygens (including phenoxy) is 1. The quantitative estimate of drug-likeness (QED) is 0.438. The van der Waals surface area contributed by atoms with E-state index in [-0.39, 0.29) is 12.7 Å². The number of esters is 1. The van der Waals surface area contributed by atoms with Crippen molar-refractivity contribution in [2.24, 2.45) is 0 Å². The zero-order valence-corrected chi connectivity index (χ0v) is 13.6. The zero-order chi connectivity index (χ0) is 15.2. The van der Waals surface area contributed by atoms with Gasteiger partial charge in [0.2, 0.25) is 5.12 Å². The molecule has 1 rings (SSSR count). The fourth-order valence-electron chi connectivity index (χ4n) is 1.56. The second kappa shape index (κ2) is 7.82. The normalized spacial score (nSPS) is 15.7. The molecule has 0 amide bonds. The minimum absolute atomic E-state index is 0.268. The Morgan fingerprint density at radius 2 is 1.90 bits per heavy atom. The minimum Gasteiger partial charge on any atom is -0.461 e. The zero-order valence-electron chi connectivity index (χ0n) is 11.9. The fraction of sp³-hybridized carbons (Fsp3) is 0.500. The molecule has 0 fully saturated rings. The number of hydrogen-bond acceptors (Lipinski definition) is 4. The number of carbonyl (C=O) groups is 1. The highest BCUT2D eigenvalue weighted by atomic mass is 35.5. The van der Waals surface area contributed by atoms with E-state index in [0.29, 0.717) is 11.7 Å². The maximum atomic E-state index is 13.0. The molecule has 1 aromatic carbocycles. The van der Waals surface area contributed by atoms with Gasteiger partial charge in [0.1, 0.15) is 0 Å². The van der Waals surface area contributed by atoms with Crippen LogP contribution in [-0.2, 0) is 18.6 Å². The van der Waals surface area contributed by atoms with Crippen LogP contribution in [0.4, 0.5) is 0 Å². The van der Waals surface area contributed by atoms with Crippen LogP contribution in [0.5, 0.6) is 0 Å². The van der Waals surface area contributed by atoms with Crippen LogP contribution < -0.4 is 5.30 Å². The van der Waals surface area contributed by atoms with Crippen molar-refractivity contribution in [3.8, 4) is 0 Å². The van der Waals surface area contributed by atoms with Crippen LogP contribution in [0.25, 0.3) is 0 Å². The second-order valence-electron chi connectivity index (χ2n) is 4.59. The van der Waals surface area contributed by atoms with Crippen molar-refractivity contribution >= 4 is 30.2 Å². The third-order valence-corrected chi connectivity index (χ3v) is 5.79. The smallest absolute Gasteiger partial charge is 0.334 e. The van der Waals surface area contributed by atoms with Crippen LogP contribution in [0.1, 0.15) is 27.2 Å². The first-order valence-corrected chi connectivity index (χ1v) is 8.69. The summed E-state index contributed by atoms with van der Waals surface area (Å²) in [4.78, 5) is 11.9. The average Bonchev–Trinajstić information content (AvgIpc) is 2.44. The summed E-state index contributed by atoms with van der Waals surface area (Å²) in [6, 6.07) is 8.55. The van der Waals surface area contributed by atoms with Crippen LogP contribution in [-0.4, -0.2) is 23.8 Å². The summed E-state index contributed by atoms with van der Waals surface area (Å²) in [5, 5.41) is -0.909. The predicted octanol–water partition coefficient (Wildman–Crippen LogP) is 3.53. The molecular formula is C14H20ClO4P. The van der Waals surface area contributed by atoms with Gasteiger partial charge in [0.25, 0.3) is 7.37 Å². The van der Waals surface area contributed by atoms with Gasteiger partial charge in [-0.15, -0.1) is 0 Å². The van der Waals surface area contributed by atoms with Crippen molar-refractivity contribution in [1.29, 1.82) is 0 Å². The number of rotatable bonds is 7. The second-order valence-corrected chi connectivity index (χ2v) is 7.81. The van der Waals surface area contributed by atoms with Gasteiger partial charge in [0.05, 0.1) is 12.7 Å². The average molecular weight is 319 g/mol. The Hall–Kier alpha value is -0.830.